The molecule has 32 unspecified atom stereocenters. The van der Waals surface area contributed by atoms with Crippen molar-refractivity contribution in [3.63, 3.8) is 0 Å². The van der Waals surface area contributed by atoms with Crippen molar-refractivity contribution in [2.24, 2.45) is 153 Å². The molecule has 25 heteroatoms. The first-order valence-corrected chi connectivity index (χ1v) is 54.7. The molecule has 0 aromatic rings. The Hall–Kier alpha value is -2.29. The largest absolute Gasteiger partial charge is 0.466 e. The summed E-state index contributed by atoms with van der Waals surface area (Å²) in [7, 11) is -11.4. The molecule has 9 saturated heterocycles. The fraction of sp³-hybridized carbons (Fsp3) is 0.955. The number of carbonyl (C=O) groups is 4. The van der Waals surface area contributed by atoms with E-state index >= 15 is 0 Å². The zero-order chi connectivity index (χ0) is 84.1. The minimum atomic E-state index is -3.13. The van der Waals surface area contributed by atoms with Gasteiger partial charge in [-0.1, -0.05) is 125 Å². The van der Waals surface area contributed by atoms with Gasteiger partial charge in [0, 0.05) is 30.1 Å². The second-order valence-corrected chi connectivity index (χ2v) is 44.3. The van der Waals surface area contributed by atoms with Crippen LogP contribution in [-0.2, 0) is 102 Å². The summed E-state index contributed by atoms with van der Waals surface area (Å²) in [6, 6.07) is 0. The third-order valence-electron chi connectivity index (χ3n) is 30.7. The van der Waals surface area contributed by atoms with E-state index in [9.17, 15) is 57.1 Å². The van der Waals surface area contributed by atoms with Gasteiger partial charge in [0.2, 0.25) is 0 Å². The van der Waals surface area contributed by atoms with Crippen molar-refractivity contribution in [2.45, 2.75) is 326 Å². The maximum atomic E-state index is 12.2. The molecule has 9 heterocycles. The van der Waals surface area contributed by atoms with Crippen LogP contribution in [0.3, 0.4) is 0 Å². The molecule has 0 radical (unpaired) electrons. The minimum Gasteiger partial charge on any atom is -0.466 e. The van der Waals surface area contributed by atoms with Crippen molar-refractivity contribution in [1.82, 2.24) is 0 Å². The lowest BCUT2D eigenvalue weighted by atomic mass is 9.60. The number of esters is 4. The molecule has 16 bridgehead atoms. The van der Waals surface area contributed by atoms with Gasteiger partial charge in [-0.25, -0.2) is 21.0 Å². The normalized spacial score (nSPS) is 45.2. The van der Waals surface area contributed by atoms with Crippen molar-refractivity contribution in [2.75, 3.05) is 56.0 Å². The Morgan fingerprint density at radius 2 is 0.974 bits per heavy atom. The zero-order valence-corrected chi connectivity index (χ0v) is 77.6. The molecule has 0 N–H and O–H groups in total. The summed E-state index contributed by atoms with van der Waals surface area (Å²) in [6.07, 6.45) is 32.1. The average Bonchev–Trinajstić information content (AvgIpc) is 1.53. The first kappa shape index (κ1) is 97.2. The van der Waals surface area contributed by atoms with E-state index in [1.165, 1.54) is 96.3 Å². The number of fused-ring (bicyclic) bond motifs is 30. The highest BCUT2D eigenvalue weighted by molar-refractivity contribution is 7.92. The highest BCUT2D eigenvalue weighted by Crippen LogP contribution is 2.74. The number of rotatable bonds is 0. The first-order valence-electron chi connectivity index (χ1n) is 46.9. The number of ether oxygens (including phenoxy) is 4. The number of hydrogen-bond acceptors (Lipinski definition) is 20. The number of cyclic esters (lactones) is 3. The van der Waals surface area contributed by atoms with Gasteiger partial charge < -0.3 is 18.9 Å². The summed E-state index contributed by atoms with van der Waals surface area (Å²) in [5, 5.41) is 0.392. The number of carbonyl (C=O) groups excluding carboxylic acids is 4. The van der Waals surface area contributed by atoms with Crippen LogP contribution in [0.2, 0.25) is 0 Å². The molecule has 1 spiro atoms. The Balaban J connectivity index is 0.000000159. The molecule has 9 aliphatic heterocycles. The lowest BCUT2D eigenvalue weighted by Gasteiger charge is -2.42. The SMILES string of the molecule is CC.CC.CC.CC.CC.CC.CC.CC.CC.O=C1CCCO1.O=C1OC2CC3CC1C2C3.O=C1OCC2C3CCC(C3)C12.O=C1OCCC12CC1CC2C2C3CCC(C3)C12.O=S1(=O)CC2CC3CC2C1C3.O=S1(=O)CCCC1.O=S1(=O)CCCO1.O=S1(=O)OC2CC3CC2C1C3.O=S1OCC2C3CC(C4C5CCC(C5)C34)C21. The molecule has 0 aromatic heterocycles. The van der Waals surface area contributed by atoms with Crippen LogP contribution >= 0.6 is 0 Å². The minimum absolute atomic E-state index is 0.00366. The van der Waals surface area contributed by atoms with Gasteiger partial charge in [-0.3, -0.25) is 31.7 Å². The Morgan fingerprint density at radius 1 is 0.412 bits per heavy atom. The summed E-state index contributed by atoms with van der Waals surface area (Å²) in [5.74, 6) is 20.9. The van der Waals surface area contributed by atoms with E-state index in [-0.39, 0.29) is 51.6 Å². The molecule has 0 amide bonds. The van der Waals surface area contributed by atoms with Crippen molar-refractivity contribution < 1.29 is 88.6 Å². The van der Waals surface area contributed by atoms with Crippen LogP contribution in [0.15, 0.2) is 0 Å². The van der Waals surface area contributed by atoms with Crippen molar-refractivity contribution in [1.29, 1.82) is 0 Å². The van der Waals surface area contributed by atoms with Gasteiger partial charge in [0.05, 0.1) is 95.2 Å². The molecule has 25 rings (SSSR count). The maximum absolute atomic E-state index is 12.2. The van der Waals surface area contributed by atoms with Gasteiger partial charge >= 0.3 is 23.9 Å². The Morgan fingerprint density at radius 3 is 1.45 bits per heavy atom. The summed E-state index contributed by atoms with van der Waals surface area (Å²) >= 11 is -0.939. The second kappa shape index (κ2) is 43.2. The highest BCUT2D eigenvalue weighted by atomic mass is 32.2. The molecular weight excluding hydrogens is 1550 g/mol. The van der Waals surface area contributed by atoms with Gasteiger partial charge in [-0.05, 0) is 279 Å². The molecule has 20 nitrogen and oxygen atoms in total. The van der Waals surface area contributed by atoms with E-state index in [4.69, 9.17) is 22.6 Å². The number of sulfone groups is 2. The van der Waals surface area contributed by atoms with E-state index in [1.807, 2.05) is 125 Å². The molecule has 114 heavy (non-hydrogen) atoms. The third-order valence-corrected chi connectivity index (χ3v) is 39.5. The second-order valence-electron chi connectivity index (χ2n) is 34.9. The molecule has 0 aromatic carbocycles. The van der Waals surface area contributed by atoms with E-state index in [2.05, 4.69) is 8.92 Å². The fourth-order valence-corrected chi connectivity index (χ4v) is 36.1. The summed E-state index contributed by atoms with van der Waals surface area (Å²) in [5.41, 5.74) is -0.00366. The monoisotopic (exact) mass is 1700 g/mol. The van der Waals surface area contributed by atoms with Crippen LogP contribution in [0.1, 0.15) is 298 Å². The van der Waals surface area contributed by atoms with E-state index in [0.29, 0.717) is 126 Å². The van der Waals surface area contributed by atoms with Gasteiger partial charge in [-0.2, -0.15) is 16.8 Å². The molecule has 25 aliphatic rings. The van der Waals surface area contributed by atoms with Gasteiger partial charge in [0.1, 0.15) is 15.9 Å². The molecule has 16 saturated carbocycles. The smallest absolute Gasteiger partial charge is 0.312 e. The summed E-state index contributed by atoms with van der Waals surface area (Å²) in [6.45, 7) is 39.2. The topological polar surface area (TPSA) is 287 Å². The van der Waals surface area contributed by atoms with Gasteiger partial charge in [0.25, 0.3) is 20.2 Å². The maximum Gasteiger partial charge on any atom is 0.312 e. The van der Waals surface area contributed by atoms with Crippen LogP contribution < -0.4 is 0 Å². The molecular formula is C89H156O20S5. The predicted octanol–water partition coefficient (Wildman–Crippen LogP) is 17.6. The Bertz CT molecular complexity index is 3430. The lowest BCUT2D eigenvalue weighted by Crippen LogP contribution is -2.42. The first-order chi connectivity index (χ1) is 55.0. The highest BCUT2D eigenvalue weighted by Gasteiger charge is 2.71. The van der Waals surface area contributed by atoms with Crippen LogP contribution in [0.5, 0.6) is 0 Å². The summed E-state index contributed by atoms with van der Waals surface area (Å²) < 4.78 is 134. The van der Waals surface area contributed by atoms with E-state index in [0.717, 1.165) is 160 Å². The van der Waals surface area contributed by atoms with Crippen molar-refractivity contribution in [3.05, 3.63) is 0 Å². The Labute approximate surface area is 694 Å². The van der Waals surface area contributed by atoms with Gasteiger partial charge in [0.15, 0.2) is 20.9 Å². The molecule has 662 valence electrons. The number of hydrogen-bond donors (Lipinski definition) is 0. The van der Waals surface area contributed by atoms with Crippen LogP contribution in [0.25, 0.3) is 0 Å². The molecule has 16 aliphatic carbocycles. The van der Waals surface area contributed by atoms with Crippen LogP contribution in [0.4, 0.5) is 0 Å². The molecule has 32 atom stereocenters. The standard InChI is InChI=1S/C15H20O2.C13H18O2S.C9H12O2.C8H12O2S.C8H10O2.C7H10O3S.C4H8O2S.C4H6O2.C3H6O3S.9C2H6/c16-14-15(3-4-17-14)7-10-6-11(15)13-9-2-1-8(5-9)12(10)13;14-16-13-9-4-8(10(13)5-15-16)11-6-1-2-7(3-6)12(9)11;10-9-8-6-2-1-5(3-6)7(8)4-11-9;9-11(10)4-6-1-5-2-7(6)8(11)3-5;9-8-6-2-4-1-5(6)7(3-4)10-8;8-11(9)7-3-4-1-5(7)6(2-4)10-11;5-7(6)3-1-2-4-7;5-4-2-1-3-6-4;4-7(5)3-1-2-6-7;9*1-2/h8-13H,1-7H2;6-13H,1-5H2;2*5-8H,1-4H2;4-7H,1-3H2;4-7H,1-3H2;1-4H2;1-3H2;1-3H2;9*1-2H3. The molecule has 25 fully saturated rings. The summed E-state index contributed by atoms with van der Waals surface area (Å²) in [4.78, 5) is 44.5. The third kappa shape index (κ3) is 20.1. The van der Waals surface area contributed by atoms with Gasteiger partial charge in [-0.15, -0.1) is 0 Å². The Kier molecular flexibility index (Phi) is 36.8. The fourth-order valence-electron chi connectivity index (χ4n) is 27.5. The van der Waals surface area contributed by atoms with E-state index in [1.54, 1.807) is 0 Å². The quantitative estimate of drug-likeness (QED) is 0.0942. The van der Waals surface area contributed by atoms with Crippen molar-refractivity contribution >= 4 is 74.9 Å². The average molecular weight is 1710 g/mol. The van der Waals surface area contributed by atoms with Crippen LogP contribution in [-0.4, -0.2) is 146 Å². The van der Waals surface area contributed by atoms with E-state index < -0.39 is 51.0 Å². The lowest BCUT2D eigenvalue weighted by molar-refractivity contribution is -0.151. The zero-order valence-electron chi connectivity index (χ0n) is 73.5. The van der Waals surface area contributed by atoms with Crippen LogP contribution in [0, 0.1) is 153 Å². The predicted molar refractivity (Wildman–Crippen MR) is 451 cm³/mol. The van der Waals surface area contributed by atoms with Crippen molar-refractivity contribution in [3.8, 4) is 0 Å².